The molecule has 1 heterocycles. The van der Waals surface area contributed by atoms with Crippen LogP contribution in [-0.4, -0.2) is 11.5 Å². The first-order valence-corrected chi connectivity index (χ1v) is 9.25. The van der Waals surface area contributed by atoms with E-state index in [1.165, 1.54) is 35.7 Å². The molecule has 2 rings (SSSR count). The molecule has 0 saturated carbocycles. The van der Waals surface area contributed by atoms with Gasteiger partial charge in [0.1, 0.15) is 0 Å². The van der Waals surface area contributed by atoms with Crippen LogP contribution in [0, 0.1) is 0 Å². The molecule has 78 valence electrons. The Morgan fingerprint density at radius 2 is 2.00 bits per heavy atom. The Bertz CT molecular complexity index is 321. The van der Waals surface area contributed by atoms with Gasteiger partial charge in [-0.3, -0.25) is 0 Å². The van der Waals surface area contributed by atoms with Gasteiger partial charge < -0.3 is 0 Å². The van der Waals surface area contributed by atoms with Crippen LogP contribution in [0.3, 0.4) is 0 Å². The van der Waals surface area contributed by atoms with Gasteiger partial charge in [-0.25, -0.2) is 0 Å². The van der Waals surface area contributed by atoms with Crippen LogP contribution in [0.15, 0.2) is 24.3 Å². The summed E-state index contributed by atoms with van der Waals surface area (Å²) < 4.78 is 0. The summed E-state index contributed by atoms with van der Waals surface area (Å²) >= 11 is 9.92. The molecule has 0 radical (unpaired) electrons. The molecule has 0 spiro atoms. The van der Waals surface area contributed by atoms with Crippen LogP contribution in [0.4, 0.5) is 0 Å². The van der Waals surface area contributed by atoms with E-state index >= 15 is 0 Å². The van der Waals surface area contributed by atoms with Crippen LogP contribution in [0.25, 0.3) is 0 Å². The Hall–Kier alpha value is 0.340. The van der Waals surface area contributed by atoms with E-state index in [4.69, 9.17) is 11.6 Å². The van der Waals surface area contributed by atoms with E-state index in [-0.39, 0.29) is 0 Å². The largest absolute Gasteiger partial charge is 0.179 e. The summed E-state index contributed by atoms with van der Waals surface area (Å²) in [5.74, 6) is 3.94. The molecule has 0 aromatic heterocycles. The van der Waals surface area contributed by atoms with Gasteiger partial charge in [0, 0.05) is 10.8 Å². The van der Waals surface area contributed by atoms with E-state index in [0.29, 0.717) is 0 Å². The summed E-state index contributed by atoms with van der Waals surface area (Å²) in [5, 5.41) is 0.857. The number of hydrogen-bond acceptors (Lipinski definition) is 0. The first-order chi connectivity index (χ1) is 6.68. The number of halogens is 2. The molecule has 1 aromatic rings. The van der Waals surface area contributed by atoms with E-state index in [9.17, 15) is 0 Å². The molecule has 1 aliphatic heterocycles. The lowest BCUT2D eigenvalue weighted by Crippen LogP contribution is -1.97. The van der Waals surface area contributed by atoms with Crippen molar-refractivity contribution in [1.29, 1.82) is 0 Å². The van der Waals surface area contributed by atoms with Crippen LogP contribution < -0.4 is 0 Å². The third kappa shape index (κ3) is 2.68. The monoisotopic (exact) mass is 292 g/mol. The van der Waals surface area contributed by atoms with Crippen molar-refractivity contribution in [3.8, 4) is 0 Å². The van der Waals surface area contributed by atoms with Gasteiger partial charge >= 0.3 is 0 Å². The average molecular weight is 294 g/mol. The topological polar surface area (TPSA) is 0 Å². The third-order valence-corrected chi connectivity index (χ3v) is 8.34. The maximum absolute atomic E-state index is 5.97. The molecule has 0 atom stereocenters. The minimum atomic E-state index is -0.520. The maximum Gasteiger partial charge on any atom is 0.0409 e. The molecule has 0 unspecified atom stereocenters. The van der Waals surface area contributed by atoms with Crippen LogP contribution in [0.2, 0.25) is 5.02 Å². The molecule has 0 amide bonds. The number of hydrogen-bond donors (Lipinski definition) is 0. The Kier molecular flexibility index (Phi) is 3.46. The second kappa shape index (κ2) is 4.46. The second-order valence-electron chi connectivity index (χ2n) is 3.83. The zero-order valence-corrected chi connectivity index (χ0v) is 11.2. The quantitative estimate of drug-likeness (QED) is 0.738. The van der Waals surface area contributed by atoms with Gasteiger partial charge in [0.15, 0.2) is 0 Å². The summed E-state index contributed by atoms with van der Waals surface area (Å²) in [5.41, 5.74) is 1.38. The SMILES string of the molecule is Clc1cccc(CS2(Br)CCCC2)c1. The highest BCUT2D eigenvalue weighted by Crippen LogP contribution is 2.62. The van der Waals surface area contributed by atoms with E-state index in [2.05, 4.69) is 26.9 Å². The van der Waals surface area contributed by atoms with Crippen LogP contribution >= 0.6 is 34.9 Å². The highest BCUT2D eigenvalue weighted by Gasteiger charge is 2.25. The molecule has 14 heavy (non-hydrogen) atoms. The van der Waals surface area contributed by atoms with Crippen molar-refractivity contribution in [2.24, 2.45) is 0 Å². The molecular formula is C11H14BrClS. The van der Waals surface area contributed by atoms with Crippen molar-refractivity contribution < 1.29 is 0 Å². The zero-order valence-electron chi connectivity index (χ0n) is 8.01. The third-order valence-electron chi connectivity index (χ3n) is 2.58. The fraction of sp³-hybridized carbons (Fsp3) is 0.455. The summed E-state index contributed by atoms with van der Waals surface area (Å²) in [6.07, 6.45) is 2.78. The maximum atomic E-state index is 5.97. The molecule has 3 heteroatoms. The predicted molar refractivity (Wildman–Crippen MR) is 70.6 cm³/mol. The highest BCUT2D eigenvalue weighted by atomic mass is 79.9. The summed E-state index contributed by atoms with van der Waals surface area (Å²) in [7, 11) is -0.520. The van der Waals surface area contributed by atoms with Gasteiger partial charge in [-0.1, -0.05) is 23.7 Å². The van der Waals surface area contributed by atoms with Gasteiger partial charge in [-0.2, -0.15) is 8.46 Å². The standard InChI is InChI=1S/C11H14BrClS/c12-14(6-1-2-7-14)9-10-4-3-5-11(13)8-10/h3-5,8H,1-2,6-7,9H2. The molecule has 1 saturated heterocycles. The fourth-order valence-electron chi connectivity index (χ4n) is 1.89. The van der Waals surface area contributed by atoms with E-state index < -0.39 is 8.46 Å². The molecule has 0 nitrogen and oxygen atoms in total. The van der Waals surface area contributed by atoms with Gasteiger partial charge in [0.25, 0.3) is 0 Å². The number of benzene rings is 1. The first kappa shape index (κ1) is 10.8. The zero-order chi connectivity index (χ0) is 10.0. The molecule has 0 bridgehead atoms. The fourth-order valence-corrected chi connectivity index (χ4v) is 6.99. The van der Waals surface area contributed by atoms with Crippen molar-refractivity contribution in [3.63, 3.8) is 0 Å². The van der Waals surface area contributed by atoms with Crippen LogP contribution in [0.5, 0.6) is 0 Å². The van der Waals surface area contributed by atoms with Gasteiger partial charge in [0.2, 0.25) is 0 Å². The first-order valence-electron chi connectivity index (χ1n) is 4.88. The summed E-state index contributed by atoms with van der Waals surface area (Å²) in [6.45, 7) is 0. The molecular weight excluding hydrogens is 280 g/mol. The molecule has 1 fully saturated rings. The molecule has 0 N–H and O–H groups in total. The van der Waals surface area contributed by atoms with E-state index in [0.717, 1.165) is 5.02 Å². The van der Waals surface area contributed by atoms with Gasteiger partial charge in [0.05, 0.1) is 0 Å². The lowest BCUT2D eigenvalue weighted by molar-refractivity contribution is 0.949. The van der Waals surface area contributed by atoms with Gasteiger partial charge in [-0.05, 0) is 56.9 Å². The Labute approximate surface area is 99.6 Å². The van der Waals surface area contributed by atoms with E-state index in [1.807, 2.05) is 12.1 Å². The summed E-state index contributed by atoms with van der Waals surface area (Å²) in [6, 6.07) is 8.26. The summed E-state index contributed by atoms with van der Waals surface area (Å²) in [4.78, 5) is 0. The van der Waals surface area contributed by atoms with Crippen molar-refractivity contribution in [2.75, 3.05) is 11.5 Å². The van der Waals surface area contributed by atoms with Crippen LogP contribution in [0.1, 0.15) is 18.4 Å². The van der Waals surface area contributed by atoms with Gasteiger partial charge in [-0.15, -0.1) is 0 Å². The molecule has 1 aliphatic rings. The van der Waals surface area contributed by atoms with Crippen molar-refractivity contribution in [2.45, 2.75) is 18.6 Å². The Morgan fingerprint density at radius 1 is 1.29 bits per heavy atom. The van der Waals surface area contributed by atoms with Crippen molar-refractivity contribution >= 4 is 34.9 Å². The molecule has 0 aliphatic carbocycles. The minimum Gasteiger partial charge on any atom is -0.179 e. The van der Waals surface area contributed by atoms with Crippen molar-refractivity contribution in [1.82, 2.24) is 0 Å². The predicted octanol–water partition coefficient (Wildman–Crippen LogP) is 4.75. The second-order valence-corrected chi connectivity index (χ2v) is 11.4. The lowest BCUT2D eigenvalue weighted by atomic mass is 10.2. The Balaban J connectivity index is 2.10. The number of rotatable bonds is 2. The highest BCUT2D eigenvalue weighted by molar-refractivity contribution is 9.58. The average Bonchev–Trinajstić information content (AvgIpc) is 2.51. The van der Waals surface area contributed by atoms with Crippen LogP contribution in [-0.2, 0) is 5.75 Å². The molecule has 1 aromatic carbocycles. The lowest BCUT2D eigenvalue weighted by Gasteiger charge is -2.27. The minimum absolute atomic E-state index is 0.520. The Morgan fingerprint density at radius 3 is 2.64 bits per heavy atom. The normalized spacial score (nSPS) is 22.1. The smallest absolute Gasteiger partial charge is 0.0409 e. The van der Waals surface area contributed by atoms with E-state index in [1.54, 1.807) is 0 Å². The van der Waals surface area contributed by atoms with Crippen molar-refractivity contribution in [3.05, 3.63) is 34.9 Å².